The summed E-state index contributed by atoms with van der Waals surface area (Å²) in [7, 11) is 0. The van der Waals surface area contributed by atoms with Gasteiger partial charge in [0, 0.05) is 18.6 Å². The molecule has 132 valence electrons. The van der Waals surface area contributed by atoms with E-state index in [1.807, 2.05) is 48.5 Å². The van der Waals surface area contributed by atoms with Crippen LogP contribution in [0.2, 0.25) is 0 Å². The minimum Gasteiger partial charge on any atom is -0.339 e. The van der Waals surface area contributed by atoms with E-state index in [4.69, 9.17) is 0 Å². The number of amides is 1. The Kier molecular flexibility index (Phi) is 4.45. The van der Waals surface area contributed by atoms with Crippen molar-refractivity contribution in [1.29, 1.82) is 0 Å². The standard InChI is InChI=1S/C21H16N4O2/c26-20(16-14-23-18-11-5-7-13-25(18)21(16)27)24-19(15-8-2-1-3-9-15)17-10-4-6-12-22-17/h1-14,19H,(H,24,26). The third-order valence-electron chi connectivity index (χ3n) is 4.25. The van der Waals surface area contributed by atoms with Crippen molar-refractivity contribution >= 4 is 11.6 Å². The van der Waals surface area contributed by atoms with Gasteiger partial charge in [0.25, 0.3) is 11.5 Å². The van der Waals surface area contributed by atoms with E-state index in [9.17, 15) is 9.59 Å². The van der Waals surface area contributed by atoms with Gasteiger partial charge in [-0.05, 0) is 29.8 Å². The molecule has 1 unspecified atom stereocenters. The van der Waals surface area contributed by atoms with Gasteiger partial charge in [0.1, 0.15) is 11.2 Å². The Hall–Kier alpha value is -3.80. The van der Waals surface area contributed by atoms with Crippen molar-refractivity contribution in [2.24, 2.45) is 0 Å². The topological polar surface area (TPSA) is 76.4 Å². The van der Waals surface area contributed by atoms with Gasteiger partial charge in [0.05, 0.1) is 11.7 Å². The summed E-state index contributed by atoms with van der Waals surface area (Å²) in [5.74, 6) is -0.495. The van der Waals surface area contributed by atoms with Crippen LogP contribution in [0.3, 0.4) is 0 Å². The summed E-state index contributed by atoms with van der Waals surface area (Å²) >= 11 is 0. The fourth-order valence-electron chi connectivity index (χ4n) is 2.91. The van der Waals surface area contributed by atoms with Crippen LogP contribution < -0.4 is 10.9 Å². The van der Waals surface area contributed by atoms with E-state index in [2.05, 4.69) is 15.3 Å². The summed E-state index contributed by atoms with van der Waals surface area (Å²) in [6.45, 7) is 0. The summed E-state index contributed by atoms with van der Waals surface area (Å²) in [6.07, 6.45) is 4.58. The molecule has 1 N–H and O–H groups in total. The van der Waals surface area contributed by atoms with Gasteiger partial charge in [-0.3, -0.25) is 19.0 Å². The largest absolute Gasteiger partial charge is 0.339 e. The molecule has 0 saturated carbocycles. The molecular weight excluding hydrogens is 340 g/mol. The average molecular weight is 356 g/mol. The SMILES string of the molecule is O=C(NC(c1ccccc1)c1ccccn1)c1cnc2ccccn2c1=O. The number of hydrogen-bond acceptors (Lipinski definition) is 4. The smallest absolute Gasteiger partial charge is 0.270 e. The normalized spacial score (nSPS) is 11.9. The zero-order chi connectivity index (χ0) is 18.6. The van der Waals surface area contributed by atoms with Crippen molar-refractivity contribution in [1.82, 2.24) is 19.7 Å². The van der Waals surface area contributed by atoms with E-state index < -0.39 is 17.5 Å². The Morgan fingerprint density at radius 2 is 1.70 bits per heavy atom. The molecule has 0 aliphatic heterocycles. The fourth-order valence-corrected chi connectivity index (χ4v) is 2.91. The van der Waals surface area contributed by atoms with Crippen LogP contribution in [-0.4, -0.2) is 20.3 Å². The minimum absolute atomic E-state index is 0.0180. The van der Waals surface area contributed by atoms with Crippen LogP contribution in [-0.2, 0) is 0 Å². The predicted molar refractivity (Wildman–Crippen MR) is 101 cm³/mol. The number of hydrogen-bond donors (Lipinski definition) is 1. The second-order valence-electron chi connectivity index (χ2n) is 5.98. The van der Waals surface area contributed by atoms with Gasteiger partial charge in [-0.15, -0.1) is 0 Å². The highest BCUT2D eigenvalue weighted by molar-refractivity contribution is 5.94. The maximum atomic E-state index is 12.9. The zero-order valence-corrected chi connectivity index (χ0v) is 14.3. The molecule has 4 aromatic rings. The molecule has 4 rings (SSSR count). The van der Waals surface area contributed by atoms with Gasteiger partial charge in [0.15, 0.2) is 0 Å². The summed E-state index contributed by atoms with van der Waals surface area (Å²) in [5, 5.41) is 2.92. The third-order valence-corrected chi connectivity index (χ3v) is 4.25. The first-order valence-corrected chi connectivity index (χ1v) is 8.47. The third kappa shape index (κ3) is 3.32. The van der Waals surface area contributed by atoms with Crippen LogP contribution in [0, 0.1) is 0 Å². The minimum atomic E-state index is -0.495. The highest BCUT2D eigenvalue weighted by atomic mass is 16.2. The van der Waals surface area contributed by atoms with Gasteiger partial charge < -0.3 is 5.32 Å². The second-order valence-corrected chi connectivity index (χ2v) is 5.98. The molecule has 0 fully saturated rings. The molecule has 0 radical (unpaired) electrons. The maximum Gasteiger partial charge on any atom is 0.270 e. The van der Waals surface area contributed by atoms with Crippen molar-refractivity contribution in [3.8, 4) is 0 Å². The van der Waals surface area contributed by atoms with Gasteiger partial charge >= 0.3 is 0 Å². The molecule has 0 spiro atoms. The Labute approximate surface area is 155 Å². The van der Waals surface area contributed by atoms with E-state index in [1.54, 1.807) is 30.6 Å². The van der Waals surface area contributed by atoms with Crippen LogP contribution in [0.5, 0.6) is 0 Å². The first kappa shape index (κ1) is 16.7. The number of carbonyl (C=O) groups excluding carboxylic acids is 1. The van der Waals surface area contributed by atoms with E-state index in [0.29, 0.717) is 11.3 Å². The van der Waals surface area contributed by atoms with Crippen LogP contribution >= 0.6 is 0 Å². The Bertz CT molecular complexity index is 1100. The number of carbonyl (C=O) groups is 1. The molecule has 3 aromatic heterocycles. The molecule has 1 atom stereocenters. The summed E-state index contributed by atoms with van der Waals surface area (Å²) in [6, 6.07) is 19.8. The lowest BCUT2D eigenvalue weighted by Crippen LogP contribution is -2.35. The molecule has 3 heterocycles. The average Bonchev–Trinajstić information content (AvgIpc) is 2.73. The van der Waals surface area contributed by atoms with Gasteiger partial charge in [-0.25, -0.2) is 4.98 Å². The molecule has 6 nitrogen and oxygen atoms in total. The van der Waals surface area contributed by atoms with E-state index >= 15 is 0 Å². The first-order valence-electron chi connectivity index (χ1n) is 8.47. The summed E-state index contributed by atoms with van der Waals surface area (Å²) < 4.78 is 1.35. The number of rotatable bonds is 4. The van der Waals surface area contributed by atoms with Crippen molar-refractivity contribution < 1.29 is 4.79 Å². The Balaban J connectivity index is 1.73. The number of nitrogens with one attached hydrogen (secondary N) is 1. The van der Waals surface area contributed by atoms with Crippen LogP contribution in [0.4, 0.5) is 0 Å². The number of fused-ring (bicyclic) bond motifs is 1. The highest BCUT2D eigenvalue weighted by Crippen LogP contribution is 2.20. The molecule has 27 heavy (non-hydrogen) atoms. The van der Waals surface area contributed by atoms with E-state index in [-0.39, 0.29) is 5.56 Å². The highest BCUT2D eigenvalue weighted by Gasteiger charge is 2.21. The van der Waals surface area contributed by atoms with Gasteiger partial charge in [-0.2, -0.15) is 0 Å². The summed E-state index contributed by atoms with van der Waals surface area (Å²) in [5.41, 5.74) is 1.62. The predicted octanol–water partition coefficient (Wildman–Crippen LogP) is 2.61. The monoisotopic (exact) mass is 356 g/mol. The number of pyridine rings is 2. The first-order chi connectivity index (χ1) is 13.2. The van der Waals surface area contributed by atoms with Crippen LogP contribution in [0.1, 0.15) is 27.7 Å². The van der Waals surface area contributed by atoms with E-state index in [0.717, 1.165) is 5.56 Å². The molecule has 0 aliphatic carbocycles. The lowest BCUT2D eigenvalue weighted by atomic mass is 10.0. The van der Waals surface area contributed by atoms with E-state index in [1.165, 1.54) is 10.6 Å². The molecule has 1 amide bonds. The van der Waals surface area contributed by atoms with Crippen LogP contribution in [0.25, 0.3) is 5.65 Å². The second kappa shape index (κ2) is 7.21. The van der Waals surface area contributed by atoms with Crippen molar-refractivity contribution in [2.45, 2.75) is 6.04 Å². The quantitative estimate of drug-likeness (QED) is 0.610. The molecule has 6 heteroatoms. The van der Waals surface area contributed by atoms with Crippen molar-refractivity contribution in [3.63, 3.8) is 0 Å². The van der Waals surface area contributed by atoms with Crippen LogP contribution in [0.15, 0.2) is 90.1 Å². The maximum absolute atomic E-state index is 12.9. The molecule has 0 bridgehead atoms. The lowest BCUT2D eigenvalue weighted by Gasteiger charge is -2.18. The Morgan fingerprint density at radius 1 is 0.926 bits per heavy atom. The van der Waals surface area contributed by atoms with Gasteiger partial charge in [0.2, 0.25) is 0 Å². The summed E-state index contributed by atoms with van der Waals surface area (Å²) in [4.78, 5) is 34.1. The molecular formula is C21H16N4O2. The molecule has 0 saturated heterocycles. The molecule has 0 aliphatic rings. The lowest BCUT2D eigenvalue weighted by molar-refractivity contribution is 0.0940. The number of aromatic nitrogens is 3. The fraction of sp³-hybridized carbons (Fsp3) is 0.0476. The van der Waals surface area contributed by atoms with Crippen molar-refractivity contribution in [2.75, 3.05) is 0 Å². The van der Waals surface area contributed by atoms with Gasteiger partial charge in [-0.1, -0.05) is 42.5 Å². The molecule has 1 aromatic carbocycles. The Morgan fingerprint density at radius 3 is 2.48 bits per heavy atom. The zero-order valence-electron chi connectivity index (χ0n) is 14.3. The number of nitrogens with zero attached hydrogens (tertiary/aromatic N) is 3. The number of benzene rings is 1. The van der Waals surface area contributed by atoms with Crippen molar-refractivity contribution in [3.05, 3.63) is 112 Å².